The van der Waals surface area contributed by atoms with Crippen molar-refractivity contribution >= 4 is 16.7 Å². The molecule has 0 amide bonds. The lowest BCUT2D eigenvalue weighted by Gasteiger charge is -2.13. The summed E-state index contributed by atoms with van der Waals surface area (Å²) in [5.41, 5.74) is 11.8. The molecule has 1 aromatic carbocycles. The normalized spacial score (nSPS) is 11.1. The van der Waals surface area contributed by atoms with E-state index in [1.807, 2.05) is 49.5 Å². The van der Waals surface area contributed by atoms with Crippen molar-refractivity contribution in [2.75, 3.05) is 5.73 Å². The van der Waals surface area contributed by atoms with E-state index in [2.05, 4.69) is 26.7 Å². The lowest BCUT2D eigenvalue weighted by atomic mass is 10.1. The molecule has 0 saturated carbocycles. The Morgan fingerprint density at radius 2 is 1.88 bits per heavy atom. The first-order valence-electron chi connectivity index (χ1n) is 8.06. The molecule has 25 heavy (non-hydrogen) atoms. The number of nitrogen functional groups attached to an aromatic ring is 1. The van der Waals surface area contributed by atoms with Crippen LogP contribution < -0.4 is 5.73 Å². The lowest BCUT2D eigenvalue weighted by Crippen LogP contribution is -2.00. The molecule has 3 aromatic heterocycles. The van der Waals surface area contributed by atoms with Gasteiger partial charge in [0.15, 0.2) is 0 Å². The van der Waals surface area contributed by atoms with Gasteiger partial charge in [0.05, 0.1) is 17.8 Å². The molecule has 0 spiro atoms. The second-order valence-electron chi connectivity index (χ2n) is 6.01. The summed E-state index contributed by atoms with van der Waals surface area (Å²) in [7, 11) is 0. The van der Waals surface area contributed by atoms with Crippen molar-refractivity contribution in [3.63, 3.8) is 0 Å². The van der Waals surface area contributed by atoms with E-state index in [-0.39, 0.29) is 6.61 Å². The molecule has 4 rings (SSSR count). The highest BCUT2D eigenvalue weighted by molar-refractivity contribution is 5.90. The van der Waals surface area contributed by atoms with Crippen LogP contribution in [0.15, 0.2) is 60.9 Å². The van der Waals surface area contributed by atoms with Gasteiger partial charge in [-0.2, -0.15) is 0 Å². The fourth-order valence-electron chi connectivity index (χ4n) is 3.06. The molecule has 0 aliphatic carbocycles. The number of nitrogens with zero attached hydrogens (tertiary/aromatic N) is 3. The number of hydrogen-bond donors (Lipinski definition) is 2. The van der Waals surface area contributed by atoms with Crippen LogP contribution in [-0.2, 0) is 6.61 Å². The minimum atomic E-state index is 0.0259. The predicted molar refractivity (Wildman–Crippen MR) is 99.4 cm³/mol. The fraction of sp³-hybridized carbons (Fsp3) is 0.100. The van der Waals surface area contributed by atoms with Gasteiger partial charge in [-0.05, 0) is 48.9 Å². The van der Waals surface area contributed by atoms with Gasteiger partial charge in [-0.25, -0.2) is 4.98 Å². The van der Waals surface area contributed by atoms with E-state index in [9.17, 15) is 5.11 Å². The number of nitrogens with two attached hydrogens (primary N) is 1. The number of aromatic nitrogens is 3. The zero-order chi connectivity index (χ0) is 17.4. The maximum absolute atomic E-state index is 9.30. The first kappa shape index (κ1) is 15.4. The molecule has 5 nitrogen and oxygen atoms in total. The summed E-state index contributed by atoms with van der Waals surface area (Å²) in [5, 5.41) is 10.3. The number of aryl methyl sites for hydroxylation is 1. The summed E-state index contributed by atoms with van der Waals surface area (Å²) < 4.78 is 2.15. The molecule has 0 aliphatic rings. The van der Waals surface area contributed by atoms with Crippen molar-refractivity contribution in [1.82, 2.24) is 14.5 Å². The Kier molecular flexibility index (Phi) is 3.71. The second-order valence-corrected chi connectivity index (χ2v) is 6.01. The maximum Gasteiger partial charge on any atom is 0.132 e. The molecule has 0 fully saturated rings. The van der Waals surface area contributed by atoms with Gasteiger partial charge in [0.25, 0.3) is 0 Å². The smallest absolute Gasteiger partial charge is 0.132 e. The zero-order valence-electron chi connectivity index (χ0n) is 13.8. The molecule has 0 bridgehead atoms. The average molecular weight is 330 g/mol. The van der Waals surface area contributed by atoms with Crippen LogP contribution in [0.5, 0.6) is 0 Å². The molecule has 0 unspecified atom stereocenters. The largest absolute Gasteiger partial charge is 0.392 e. The molecule has 3 N–H and O–H groups in total. The summed E-state index contributed by atoms with van der Waals surface area (Å²) >= 11 is 0. The van der Waals surface area contributed by atoms with E-state index in [0.717, 1.165) is 39.1 Å². The summed E-state index contributed by atoms with van der Waals surface area (Å²) in [6.07, 6.45) is 3.56. The molecule has 0 aliphatic heterocycles. The molecule has 0 saturated heterocycles. The number of anilines is 1. The molecule has 4 aromatic rings. The second kappa shape index (κ2) is 6.03. The van der Waals surface area contributed by atoms with Crippen LogP contribution in [0.2, 0.25) is 0 Å². The minimum absolute atomic E-state index is 0.0259. The predicted octanol–water partition coefficient (Wildman–Crippen LogP) is 3.47. The number of benzene rings is 1. The highest BCUT2D eigenvalue weighted by atomic mass is 16.3. The van der Waals surface area contributed by atoms with Crippen LogP contribution in [0.4, 0.5) is 5.82 Å². The van der Waals surface area contributed by atoms with Crippen molar-refractivity contribution < 1.29 is 5.11 Å². The number of aliphatic hydroxyl groups excluding tert-OH is 1. The number of pyridine rings is 2. The highest BCUT2D eigenvalue weighted by Crippen LogP contribution is 2.33. The summed E-state index contributed by atoms with van der Waals surface area (Å²) in [6, 6.07) is 15.8. The Morgan fingerprint density at radius 1 is 1.08 bits per heavy atom. The quantitative estimate of drug-likeness (QED) is 0.603. The van der Waals surface area contributed by atoms with Crippen LogP contribution in [-0.4, -0.2) is 19.6 Å². The summed E-state index contributed by atoms with van der Waals surface area (Å²) in [6.45, 7) is 2.00. The Labute approximate surface area is 145 Å². The van der Waals surface area contributed by atoms with Crippen molar-refractivity contribution in [2.24, 2.45) is 0 Å². The number of aliphatic hydroxyl groups is 1. The van der Waals surface area contributed by atoms with E-state index in [0.29, 0.717) is 5.82 Å². The third-order valence-corrected chi connectivity index (χ3v) is 4.31. The van der Waals surface area contributed by atoms with Crippen molar-refractivity contribution in [1.29, 1.82) is 0 Å². The SMILES string of the molecule is Cc1cc2c(cn1)cc(-c1cccnc1N)n2-c1ccc(CO)cc1. The van der Waals surface area contributed by atoms with Crippen LogP contribution in [0.25, 0.3) is 27.8 Å². The van der Waals surface area contributed by atoms with Crippen molar-refractivity contribution in [2.45, 2.75) is 13.5 Å². The van der Waals surface area contributed by atoms with Crippen LogP contribution in [0, 0.1) is 6.92 Å². The van der Waals surface area contributed by atoms with E-state index in [1.54, 1.807) is 6.20 Å². The van der Waals surface area contributed by atoms with Gasteiger partial charge < -0.3 is 15.4 Å². The van der Waals surface area contributed by atoms with Gasteiger partial charge >= 0.3 is 0 Å². The molecule has 0 radical (unpaired) electrons. The topological polar surface area (TPSA) is 77.0 Å². The van der Waals surface area contributed by atoms with Crippen LogP contribution >= 0.6 is 0 Å². The standard InChI is InChI=1S/C20H18N4O/c1-13-9-18-15(11-23-13)10-19(17-3-2-8-22-20(17)21)24(18)16-6-4-14(12-25)5-7-16/h2-11,25H,12H2,1H3,(H2,21,22). The average Bonchev–Trinajstić information content (AvgIpc) is 3.00. The fourth-order valence-corrected chi connectivity index (χ4v) is 3.06. The molecular formula is C20H18N4O. The van der Waals surface area contributed by atoms with Gasteiger partial charge in [-0.3, -0.25) is 4.98 Å². The van der Waals surface area contributed by atoms with Gasteiger partial charge in [-0.15, -0.1) is 0 Å². The minimum Gasteiger partial charge on any atom is -0.392 e. The molecule has 0 atom stereocenters. The maximum atomic E-state index is 9.30. The van der Waals surface area contributed by atoms with E-state index < -0.39 is 0 Å². The van der Waals surface area contributed by atoms with E-state index in [4.69, 9.17) is 5.73 Å². The zero-order valence-corrected chi connectivity index (χ0v) is 13.8. The Hall–Kier alpha value is -3.18. The Balaban J connectivity index is 2.03. The first-order chi connectivity index (χ1) is 12.2. The highest BCUT2D eigenvalue weighted by Gasteiger charge is 2.15. The van der Waals surface area contributed by atoms with E-state index >= 15 is 0 Å². The van der Waals surface area contributed by atoms with Crippen LogP contribution in [0.1, 0.15) is 11.3 Å². The Bertz CT molecular complexity index is 1050. The van der Waals surface area contributed by atoms with Crippen LogP contribution in [0.3, 0.4) is 0 Å². The van der Waals surface area contributed by atoms with Gasteiger partial charge in [0.2, 0.25) is 0 Å². The third kappa shape index (κ3) is 2.64. The lowest BCUT2D eigenvalue weighted by molar-refractivity contribution is 0.282. The molecule has 5 heteroatoms. The van der Waals surface area contributed by atoms with Gasteiger partial charge in [0.1, 0.15) is 5.82 Å². The van der Waals surface area contributed by atoms with Gasteiger partial charge in [-0.1, -0.05) is 12.1 Å². The summed E-state index contributed by atoms with van der Waals surface area (Å²) in [4.78, 5) is 8.63. The number of fused-ring (bicyclic) bond motifs is 1. The van der Waals surface area contributed by atoms with Crippen molar-refractivity contribution in [3.05, 3.63) is 72.2 Å². The summed E-state index contributed by atoms with van der Waals surface area (Å²) in [5.74, 6) is 0.489. The molecular weight excluding hydrogens is 312 g/mol. The number of hydrogen-bond acceptors (Lipinski definition) is 4. The molecule has 3 heterocycles. The monoisotopic (exact) mass is 330 g/mol. The van der Waals surface area contributed by atoms with E-state index in [1.165, 1.54) is 0 Å². The first-order valence-corrected chi connectivity index (χ1v) is 8.06. The van der Waals surface area contributed by atoms with Gasteiger partial charge in [0, 0.05) is 34.7 Å². The third-order valence-electron chi connectivity index (χ3n) is 4.31. The molecule has 124 valence electrons. The van der Waals surface area contributed by atoms with Crippen molar-refractivity contribution in [3.8, 4) is 16.9 Å². The Morgan fingerprint density at radius 3 is 2.60 bits per heavy atom. The number of rotatable bonds is 3.